The van der Waals surface area contributed by atoms with Crippen LogP contribution in [0, 0.1) is 20.8 Å². The van der Waals surface area contributed by atoms with E-state index in [1.165, 1.54) is 28.9 Å². The number of nitrogens with zero attached hydrogens (tertiary/aromatic N) is 1. The first-order valence-corrected chi connectivity index (χ1v) is 5.62. The van der Waals surface area contributed by atoms with Gasteiger partial charge in [-0.05, 0) is 38.9 Å². The van der Waals surface area contributed by atoms with Crippen molar-refractivity contribution < 1.29 is 0 Å². The molecule has 1 aliphatic rings. The molecule has 0 saturated carbocycles. The standard InChI is InChI=1S/C13H20N2/c1-9-5-10(2)13(11(3)6-9)15-8-12(15)7-14-4/h5-6,12,14H,7-8H2,1-4H3. The molecule has 1 atom stereocenters. The lowest BCUT2D eigenvalue weighted by Gasteiger charge is -2.14. The Bertz CT molecular complexity index is 348. The van der Waals surface area contributed by atoms with E-state index in [-0.39, 0.29) is 0 Å². The van der Waals surface area contributed by atoms with Crippen LogP contribution in [0.1, 0.15) is 16.7 Å². The summed E-state index contributed by atoms with van der Waals surface area (Å²) in [7, 11) is 2.02. The minimum atomic E-state index is 0.704. The van der Waals surface area contributed by atoms with E-state index in [0.29, 0.717) is 6.04 Å². The Labute approximate surface area is 92.3 Å². The average molecular weight is 204 g/mol. The van der Waals surface area contributed by atoms with Crippen molar-refractivity contribution in [3.8, 4) is 0 Å². The zero-order valence-corrected chi connectivity index (χ0v) is 10.1. The van der Waals surface area contributed by atoms with Crippen LogP contribution < -0.4 is 10.2 Å². The van der Waals surface area contributed by atoms with Crippen molar-refractivity contribution in [2.45, 2.75) is 26.8 Å². The Morgan fingerprint density at radius 2 is 1.87 bits per heavy atom. The lowest BCUT2D eigenvalue weighted by Crippen LogP contribution is -2.17. The molecule has 1 heterocycles. The van der Waals surface area contributed by atoms with Gasteiger partial charge in [-0.1, -0.05) is 17.7 Å². The number of nitrogens with one attached hydrogen (secondary N) is 1. The number of anilines is 1. The summed E-state index contributed by atoms with van der Waals surface area (Å²) in [4.78, 5) is 2.49. The third-order valence-electron chi connectivity index (χ3n) is 3.08. The van der Waals surface area contributed by atoms with Gasteiger partial charge in [0.2, 0.25) is 0 Å². The second kappa shape index (κ2) is 3.86. The minimum Gasteiger partial charge on any atom is -0.363 e. The summed E-state index contributed by atoms with van der Waals surface area (Å²) in [6.45, 7) is 8.88. The first kappa shape index (κ1) is 10.5. The summed E-state index contributed by atoms with van der Waals surface area (Å²) in [6.07, 6.45) is 0. The molecular weight excluding hydrogens is 184 g/mol. The van der Waals surface area contributed by atoms with Crippen molar-refractivity contribution in [1.82, 2.24) is 5.32 Å². The third kappa shape index (κ3) is 2.00. The summed E-state index contributed by atoms with van der Waals surface area (Å²) in [5, 5.41) is 3.24. The number of benzene rings is 1. The van der Waals surface area contributed by atoms with E-state index in [9.17, 15) is 0 Å². The van der Waals surface area contributed by atoms with Gasteiger partial charge < -0.3 is 10.2 Å². The Morgan fingerprint density at radius 3 is 2.40 bits per heavy atom. The fourth-order valence-electron chi connectivity index (χ4n) is 2.49. The lowest BCUT2D eigenvalue weighted by atomic mass is 10.1. The van der Waals surface area contributed by atoms with Crippen LogP contribution in [0.5, 0.6) is 0 Å². The van der Waals surface area contributed by atoms with Crippen molar-refractivity contribution >= 4 is 5.69 Å². The van der Waals surface area contributed by atoms with Crippen LogP contribution >= 0.6 is 0 Å². The number of hydrogen-bond acceptors (Lipinski definition) is 2. The van der Waals surface area contributed by atoms with Gasteiger partial charge in [0.25, 0.3) is 0 Å². The molecule has 0 radical (unpaired) electrons. The molecule has 0 amide bonds. The van der Waals surface area contributed by atoms with Gasteiger partial charge in [-0.2, -0.15) is 0 Å². The van der Waals surface area contributed by atoms with Crippen LogP contribution in [-0.4, -0.2) is 26.2 Å². The maximum absolute atomic E-state index is 3.24. The van der Waals surface area contributed by atoms with Crippen LogP contribution in [0.25, 0.3) is 0 Å². The molecule has 2 heteroatoms. The second-order valence-electron chi connectivity index (χ2n) is 4.61. The van der Waals surface area contributed by atoms with Gasteiger partial charge in [-0.25, -0.2) is 0 Å². The Balaban J connectivity index is 2.23. The monoisotopic (exact) mass is 204 g/mol. The molecule has 0 bridgehead atoms. The molecule has 2 rings (SSSR count). The SMILES string of the molecule is CNCC1CN1c1c(C)cc(C)cc1C. The molecule has 1 aromatic carbocycles. The van der Waals surface area contributed by atoms with Gasteiger partial charge in [-0.3, -0.25) is 0 Å². The van der Waals surface area contributed by atoms with Crippen molar-refractivity contribution in [3.05, 3.63) is 28.8 Å². The van der Waals surface area contributed by atoms with Gasteiger partial charge in [0.05, 0.1) is 6.04 Å². The fourth-order valence-corrected chi connectivity index (χ4v) is 2.49. The minimum absolute atomic E-state index is 0.704. The molecular formula is C13H20N2. The summed E-state index contributed by atoms with van der Waals surface area (Å²) in [6, 6.07) is 5.25. The maximum Gasteiger partial charge on any atom is 0.0590 e. The second-order valence-corrected chi connectivity index (χ2v) is 4.61. The first-order valence-electron chi connectivity index (χ1n) is 5.62. The quantitative estimate of drug-likeness (QED) is 0.758. The highest BCUT2D eigenvalue weighted by Gasteiger charge is 2.34. The average Bonchev–Trinajstić information content (AvgIpc) is 2.82. The topological polar surface area (TPSA) is 15.0 Å². The van der Waals surface area contributed by atoms with Gasteiger partial charge in [0.1, 0.15) is 0 Å². The number of hydrogen-bond donors (Lipinski definition) is 1. The molecule has 1 aromatic rings. The van der Waals surface area contributed by atoms with E-state index in [4.69, 9.17) is 0 Å². The maximum atomic E-state index is 3.24. The third-order valence-corrected chi connectivity index (χ3v) is 3.08. The van der Waals surface area contributed by atoms with Crippen LogP contribution in [0.3, 0.4) is 0 Å². The van der Waals surface area contributed by atoms with E-state index in [0.717, 1.165) is 6.54 Å². The van der Waals surface area contributed by atoms with Crippen LogP contribution in [-0.2, 0) is 0 Å². The fraction of sp³-hybridized carbons (Fsp3) is 0.538. The van der Waals surface area contributed by atoms with Crippen molar-refractivity contribution in [3.63, 3.8) is 0 Å². The molecule has 0 spiro atoms. The van der Waals surface area contributed by atoms with Gasteiger partial charge in [-0.15, -0.1) is 0 Å². The Kier molecular flexibility index (Phi) is 2.70. The van der Waals surface area contributed by atoms with Crippen molar-refractivity contribution in [2.75, 3.05) is 25.0 Å². The zero-order valence-electron chi connectivity index (χ0n) is 10.1. The number of aryl methyl sites for hydroxylation is 3. The molecule has 1 N–H and O–H groups in total. The highest BCUT2D eigenvalue weighted by atomic mass is 15.3. The van der Waals surface area contributed by atoms with E-state index in [1.807, 2.05) is 7.05 Å². The Hall–Kier alpha value is -1.02. The van der Waals surface area contributed by atoms with Crippen LogP contribution in [0.2, 0.25) is 0 Å². The molecule has 2 nitrogen and oxygen atoms in total. The molecule has 15 heavy (non-hydrogen) atoms. The van der Waals surface area contributed by atoms with Crippen LogP contribution in [0.4, 0.5) is 5.69 Å². The van der Waals surface area contributed by atoms with Gasteiger partial charge >= 0.3 is 0 Å². The predicted molar refractivity (Wildman–Crippen MR) is 65.7 cm³/mol. The van der Waals surface area contributed by atoms with Crippen molar-refractivity contribution in [2.24, 2.45) is 0 Å². The molecule has 82 valence electrons. The first-order chi connectivity index (χ1) is 7.13. The van der Waals surface area contributed by atoms with Gasteiger partial charge in [0.15, 0.2) is 0 Å². The van der Waals surface area contributed by atoms with Gasteiger partial charge in [0, 0.05) is 18.8 Å². The molecule has 0 aliphatic carbocycles. The lowest BCUT2D eigenvalue weighted by molar-refractivity contribution is 0.790. The summed E-state index contributed by atoms with van der Waals surface area (Å²) in [5.41, 5.74) is 5.62. The summed E-state index contributed by atoms with van der Waals surface area (Å²) >= 11 is 0. The highest BCUT2D eigenvalue weighted by Crippen LogP contribution is 2.34. The number of rotatable bonds is 3. The Morgan fingerprint density at radius 1 is 1.27 bits per heavy atom. The molecule has 1 aliphatic heterocycles. The molecule has 1 saturated heterocycles. The van der Waals surface area contributed by atoms with E-state index < -0.39 is 0 Å². The smallest absolute Gasteiger partial charge is 0.0590 e. The molecule has 0 aromatic heterocycles. The zero-order chi connectivity index (χ0) is 11.0. The summed E-state index contributed by atoms with van der Waals surface area (Å²) < 4.78 is 0. The summed E-state index contributed by atoms with van der Waals surface area (Å²) in [5.74, 6) is 0. The van der Waals surface area contributed by atoms with E-state index in [1.54, 1.807) is 0 Å². The predicted octanol–water partition coefficient (Wildman–Crippen LogP) is 2.02. The highest BCUT2D eigenvalue weighted by molar-refractivity contribution is 5.65. The van der Waals surface area contributed by atoms with Crippen LogP contribution in [0.15, 0.2) is 12.1 Å². The van der Waals surface area contributed by atoms with E-state index in [2.05, 4.69) is 43.1 Å². The molecule has 1 fully saturated rings. The van der Waals surface area contributed by atoms with E-state index >= 15 is 0 Å². The van der Waals surface area contributed by atoms with Crippen molar-refractivity contribution in [1.29, 1.82) is 0 Å². The molecule has 1 unspecified atom stereocenters. The largest absolute Gasteiger partial charge is 0.363 e. The number of likely N-dealkylation sites (N-methyl/N-ethyl adjacent to an activating group) is 1. The normalized spacial score (nSPS) is 19.5.